The molecule has 6 nitrogen and oxygen atoms in total. The standard InChI is InChI=1S/C21H22N4O2/c1-3-25(4-2)21(26)19-14-20(23-15-22-19)24-16-10-12-18(13-11-16)27-17-8-6-5-7-9-17/h5-15H,3-4H2,1-2H3,(H,22,23,24). The minimum Gasteiger partial charge on any atom is -0.457 e. The van der Waals surface area contributed by atoms with E-state index in [0.29, 0.717) is 24.6 Å². The first-order chi connectivity index (χ1) is 13.2. The first-order valence-electron chi connectivity index (χ1n) is 8.91. The molecule has 0 saturated carbocycles. The molecule has 0 aliphatic heterocycles. The van der Waals surface area contributed by atoms with Gasteiger partial charge in [-0.1, -0.05) is 18.2 Å². The smallest absolute Gasteiger partial charge is 0.272 e. The Morgan fingerprint density at radius 3 is 2.30 bits per heavy atom. The topological polar surface area (TPSA) is 67.4 Å². The summed E-state index contributed by atoms with van der Waals surface area (Å²) in [5, 5.41) is 3.19. The zero-order chi connectivity index (χ0) is 19.1. The second-order valence-corrected chi connectivity index (χ2v) is 5.83. The van der Waals surface area contributed by atoms with Crippen LogP contribution < -0.4 is 10.1 Å². The molecule has 0 fully saturated rings. The van der Waals surface area contributed by atoms with Crippen molar-refractivity contribution < 1.29 is 9.53 Å². The number of hydrogen-bond acceptors (Lipinski definition) is 5. The fraction of sp³-hybridized carbons (Fsp3) is 0.190. The number of anilines is 2. The number of hydrogen-bond donors (Lipinski definition) is 1. The lowest BCUT2D eigenvalue weighted by Crippen LogP contribution is -2.31. The third-order valence-corrected chi connectivity index (χ3v) is 4.04. The van der Waals surface area contributed by atoms with Crippen molar-refractivity contribution >= 4 is 17.4 Å². The minimum atomic E-state index is -0.0999. The number of rotatable bonds is 7. The summed E-state index contributed by atoms with van der Waals surface area (Å²) in [6.07, 6.45) is 1.39. The van der Waals surface area contributed by atoms with Crippen LogP contribution in [0, 0.1) is 0 Å². The largest absolute Gasteiger partial charge is 0.457 e. The molecule has 138 valence electrons. The Kier molecular flexibility index (Phi) is 5.99. The summed E-state index contributed by atoms with van der Waals surface area (Å²) < 4.78 is 5.78. The van der Waals surface area contributed by atoms with Gasteiger partial charge in [-0.25, -0.2) is 9.97 Å². The molecule has 6 heteroatoms. The number of carbonyl (C=O) groups excluding carboxylic acids is 1. The van der Waals surface area contributed by atoms with Crippen molar-refractivity contribution in [3.63, 3.8) is 0 Å². The summed E-state index contributed by atoms with van der Waals surface area (Å²) in [5.74, 6) is 2.00. The maximum Gasteiger partial charge on any atom is 0.272 e. The summed E-state index contributed by atoms with van der Waals surface area (Å²) in [5.41, 5.74) is 1.22. The van der Waals surface area contributed by atoms with Gasteiger partial charge >= 0.3 is 0 Å². The van der Waals surface area contributed by atoms with Gasteiger partial charge in [-0.3, -0.25) is 4.79 Å². The molecule has 1 aromatic heterocycles. The number of para-hydroxylation sites is 1. The molecule has 3 rings (SSSR count). The number of nitrogens with zero attached hydrogens (tertiary/aromatic N) is 3. The van der Waals surface area contributed by atoms with Gasteiger partial charge < -0.3 is 15.0 Å². The Morgan fingerprint density at radius 1 is 0.963 bits per heavy atom. The lowest BCUT2D eigenvalue weighted by Gasteiger charge is -2.18. The average Bonchev–Trinajstić information content (AvgIpc) is 2.71. The van der Waals surface area contributed by atoms with Gasteiger partial charge in [0, 0.05) is 24.8 Å². The van der Waals surface area contributed by atoms with Crippen LogP contribution in [0.25, 0.3) is 0 Å². The number of aromatic nitrogens is 2. The summed E-state index contributed by atoms with van der Waals surface area (Å²) in [6.45, 7) is 5.18. The van der Waals surface area contributed by atoms with E-state index in [9.17, 15) is 4.79 Å². The third kappa shape index (κ3) is 4.82. The molecule has 1 N–H and O–H groups in total. The predicted molar refractivity (Wildman–Crippen MR) is 106 cm³/mol. The van der Waals surface area contributed by atoms with Crippen LogP contribution in [0.3, 0.4) is 0 Å². The van der Waals surface area contributed by atoms with E-state index in [4.69, 9.17) is 4.74 Å². The molecule has 0 unspecified atom stereocenters. The van der Waals surface area contributed by atoms with Crippen LogP contribution in [0.4, 0.5) is 11.5 Å². The van der Waals surface area contributed by atoms with E-state index in [2.05, 4.69) is 15.3 Å². The molecule has 0 aliphatic rings. The summed E-state index contributed by atoms with van der Waals surface area (Å²) in [7, 11) is 0. The van der Waals surface area contributed by atoms with Crippen LogP contribution in [0.5, 0.6) is 11.5 Å². The quantitative estimate of drug-likeness (QED) is 0.670. The maximum absolute atomic E-state index is 12.4. The molecule has 0 aliphatic carbocycles. The van der Waals surface area contributed by atoms with Gasteiger partial charge in [-0.05, 0) is 50.2 Å². The van der Waals surface area contributed by atoms with Gasteiger partial charge in [0.2, 0.25) is 0 Å². The van der Waals surface area contributed by atoms with E-state index in [-0.39, 0.29) is 5.91 Å². The van der Waals surface area contributed by atoms with Gasteiger partial charge in [-0.15, -0.1) is 0 Å². The first-order valence-corrected chi connectivity index (χ1v) is 8.91. The molecule has 0 bridgehead atoms. The maximum atomic E-state index is 12.4. The number of nitrogens with one attached hydrogen (secondary N) is 1. The van der Waals surface area contributed by atoms with Crippen molar-refractivity contribution in [2.45, 2.75) is 13.8 Å². The van der Waals surface area contributed by atoms with Gasteiger partial charge in [0.05, 0.1) is 0 Å². The Bertz CT molecular complexity index is 878. The molecule has 0 radical (unpaired) electrons. The molecule has 0 atom stereocenters. The van der Waals surface area contributed by atoms with Crippen LogP contribution in [-0.2, 0) is 0 Å². The Labute approximate surface area is 158 Å². The number of carbonyl (C=O) groups is 1. The second-order valence-electron chi connectivity index (χ2n) is 5.83. The highest BCUT2D eigenvalue weighted by molar-refractivity contribution is 5.93. The monoisotopic (exact) mass is 362 g/mol. The lowest BCUT2D eigenvalue weighted by molar-refractivity contribution is 0.0767. The number of ether oxygens (including phenoxy) is 1. The highest BCUT2D eigenvalue weighted by Crippen LogP contribution is 2.24. The Balaban J connectivity index is 1.68. The summed E-state index contributed by atoms with van der Waals surface area (Å²) in [6, 6.07) is 18.8. The van der Waals surface area contributed by atoms with Crippen molar-refractivity contribution in [1.82, 2.24) is 14.9 Å². The van der Waals surface area contributed by atoms with Crippen molar-refractivity contribution in [2.75, 3.05) is 18.4 Å². The van der Waals surface area contributed by atoms with E-state index in [1.165, 1.54) is 6.33 Å². The van der Waals surface area contributed by atoms with E-state index in [0.717, 1.165) is 17.2 Å². The Morgan fingerprint density at radius 2 is 1.63 bits per heavy atom. The first kappa shape index (κ1) is 18.4. The molecule has 1 heterocycles. The number of benzene rings is 2. The molecule has 0 saturated heterocycles. The van der Waals surface area contributed by atoms with Crippen molar-refractivity contribution in [2.24, 2.45) is 0 Å². The van der Waals surface area contributed by atoms with E-state index in [1.807, 2.05) is 68.4 Å². The van der Waals surface area contributed by atoms with E-state index < -0.39 is 0 Å². The molecule has 0 spiro atoms. The minimum absolute atomic E-state index is 0.0999. The average molecular weight is 362 g/mol. The van der Waals surface area contributed by atoms with Gasteiger partial charge in [0.25, 0.3) is 5.91 Å². The third-order valence-electron chi connectivity index (χ3n) is 4.04. The second kappa shape index (κ2) is 8.80. The highest BCUT2D eigenvalue weighted by Gasteiger charge is 2.14. The fourth-order valence-corrected chi connectivity index (χ4v) is 2.59. The normalized spacial score (nSPS) is 10.3. The van der Waals surface area contributed by atoms with E-state index in [1.54, 1.807) is 11.0 Å². The van der Waals surface area contributed by atoms with Crippen LogP contribution >= 0.6 is 0 Å². The van der Waals surface area contributed by atoms with Gasteiger partial charge in [0.15, 0.2) is 0 Å². The summed E-state index contributed by atoms with van der Waals surface area (Å²) >= 11 is 0. The van der Waals surface area contributed by atoms with Crippen LogP contribution in [0.2, 0.25) is 0 Å². The van der Waals surface area contributed by atoms with Crippen LogP contribution in [0.1, 0.15) is 24.3 Å². The molecule has 1 amide bonds. The fourth-order valence-electron chi connectivity index (χ4n) is 2.59. The molecule has 2 aromatic carbocycles. The lowest BCUT2D eigenvalue weighted by atomic mass is 10.3. The van der Waals surface area contributed by atoms with Crippen LogP contribution in [0.15, 0.2) is 67.0 Å². The van der Waals surface area contributed by atoms with Gasteiger partial charge in [-0.2, -0.15) is 0 Å². The predicted octanol–water partition coefficient (Wildman–Crippen LogP) is 4.49. The van der Waals surface area contributed by atoms with Crippen molar-refractivity contribution in [1.29, 1.82) is 0 Å². The molecular weight excluding hydrogens is 340 g/mol. The van der Waals surface area contributed by atoms with Gasteiger partial charge in [0.1, 0.15) is 29.3 Å². The van der Waals surface area contributed by atoms with Crippen molar-refractivity contribution in [3.8, 4) is 11.5 Å². The highest BCUT2D eigenvalue weighted by atomic mass is 16.5. The van der Waals surface area contributed by atoms with Crippen LogP contribution in [-0.4, -0.2) is 33.9 Å². The zero-order valence-corrected chi connectivity index (χ0v) is 15.4. The van der Waals surface area contributed by atoms with Crippen molar-refractivity contribution in [3.05, 3.63) is 72.7 Å². The Hall–Kier alpha value is -3.41. The summed E-state index contributed by atoms with van der Waals surface area (Å²) in [4.78, 5) is 22.4. The molecule has 27 heavy (non-hydrogen) atoms. The zero-order valence-electron chi connectivity index (χ0n) is 15.4. The molecule has 3 aromatic rings. The van der Waals surface area contributed by atoms with E-state index >= 15 is 0 Å². The SMILES string of the molecule is CCN(CC)C(=O)c1cc(Nc2ccc(Oc3ccccc3)cc2)ncn1. The number of amides is 1. The molecular formula is C21H22N4O2.